The van der Waals surface area contributed by atoms with Gasteiger partial charge in [0.1, 0.15) is 11.5 Å². The number of carbonyl (C=O) groups is 1. The minimum absolute atomic E-state index is 0.170. The number of nitrogens with one attached hydrogen (secondary N) is 1. The third kappa shape index (κ3) is 4.20. The van der Waals surface area contributed by atoms with E-state index in [0.717, 1.165) is 6.42 Å². The summed E-state index contributed by atoms with van der Waals surface area (Å²) < 4.78 is 0. The van der Waals surface area contributed by atoms with Crippen LogP contribution in [0.25, 0.3) is 0 Å². The quantitative estimate of drug-likeness (QED) is 0.891. The fraction of sp³-hybridized carbons (Fsp3) is 0.250. The number of rotatable bonds is 5. The van der Waals surface area contributed by atoms with Gasteiger partial charge in [-0.1, -0.05) is 48.9 Å². The summed E-state index contributed by atoms with van der Waals surface area (Å²) in [5.74, 6) is 0.352. The van der Waals surface area contributed by atoms with Gasteiger partial charge in [0, 0.05) is 6.54 Å². The Balaban J connectivity index is 1.88. The van der Waals surface area contributed by atoms with E-state index in [1.165, 1.54) is 5.56 Å². The van der Waals surface area contributed by atoms with Crippen LogP contribution in [-0.4, -0.2) is 17.4 Å². The van der Waals surface area contributed by atoms with Gasteiger partial charge in [-0.05, 0) is 30.0 Å². The molecule has 21 heavy (non-hydrogen) atoms. The first-order valence-corrected chi connectivity index (χ1v) is 7.21. The number of nitrogens with two attached hydrogens (primary N) is 1. The number of nitrogens with zero attached hydrogens (tertiary/aromatic N) is 1. The second kappa shape index (κ2) is 7.09. The minimum atomic E-state index is -0.299. The molecule has 1 aromatic carbocycles. The fourth-order valence-electron chi connectivity index (χ4n) is 2.05. The lowest BCUT2D eigenvalue weighted by molar-refractivity contribution is 0.0948. The van der Waals surface area contributed by atoms with Gasteiger partial charge in [0.05, 0.1) is 5.02 Å². The predicted octanol–water partition coefficient (Wildman–Crippen LogP) is 3.24. The van der Waals surface area contributed by atoms with Crippen molar-refractivity contribution in [1.29, 1.82) is 0 Å². The topological polar surface area (TPSA) is 68.0 Å². The molecule has 0 saturated heterocycles. The van der Waals surface area contributed by atoms with E-state index in [1.807, 2.05) is 18.2 Å². The van der Waals surface area contributed by atoms with Crippen molar-refractivity contribution >= 4 is 23.3 Å². The van der Waals surface area contributed by atoms with Crippen LogP contribution in [0.4, 0.5) is 5.82 Å². The normalized spacial score (nSPS) is 11.9. The van der Waals surface area contributed by atoms with Gasteiger partial charge in [-0.25, -0.2) is 4.98 Å². The number of amides is 1. The van der Waals surface area contributed by atoms with Crippen molar-refractivity contribution in [1.82, 2.24) is 10.3 Å². The van der Waals surface area contributed by atoms with Gasteiger partial charge in [-0.3, -0.25) is 4.79 Å². The average Bonchev–Trinajstić information content (AvgIpc) is 2.50. The number of pyridine rings is 1. The summed E-state index contributed by atoms with van der Waals surface area (Å²) in [6.07, 6.45) is 0.843. The van der Waals surface area contributed by atoms with E-state index in [-0.39, 0.29) is 17.4 Å². The second-order valence-corrected chi connectivity index (χ2v) is 5.33. The zero-order valence-corrected chi connectivity index (χ0v) is 12.6. The first-order valence-electron chi connectivity index (χ1n) is 6.83. The molecule has 0 fully saturated rings. The smallest absolute Gasteiger partial charge is 0.271 e. The molecule has 1 heterocycles. The van der Waals surface area contributed by atoms with Crippen LogP contribution in [0.3, 0.4) is 0 Å². The van der Waals surface area contributed by atoms with Crippen molar-refractivity contribution in [2.75, 3.05) is 12.3 Å². The van der Waals surface area contributed by atoms with Crippen molar-refractivity contribution < 1.29 is 4.79 Å². The Hall–Kier alpha value is -2.07. The van der Waals surface area contributed by atoms with Crippen molar-refractivity contribution in [3.63, 3.8) is 0 Å². The molecule has 110 valence electrons. The average molecular weight is 304 g/mol. The van der Waals surface area contributed by atoms with Gasteiger partial charge < -0.3 is 11.1 Å². The maximum atomic E-state index is 12.0. The molecule has 0 bridgehead atoms. The van der Waals surface area contributed by atoms with E-state index in [4.69, 9.17) is 17.3 Å². The van der Waals surface area contributed by atoms with Crippen molar-refractivity contribution in [2.24, 2.45) is 0 Å². The van der Waals surface area contributed by atoms with Crippen LogP contribution in [0.15, 0.2) is 42.5 Å². The molecule has 0 aliphatic heterocycles. The van der Waals surface area contributed by atoms with E-state index in [2.05, 4.69) is 29.4 Å². The van der Waals surface area contributed by atoms with Gasteiger partial charge in [0.2, 0.25) is 0 Å². The first kappa shape index (κ1) is 15.3. The van der Waals surface area contributed by atoms with Gasteiger partial charge >= 0.3 is 0 Å². The molecule has 0 radical (unpaired) electrons. The minimum Gasteiger partial charge on any atom is -0.384 e. The van der Waals surface area contributed by atoms with E-state index in [9.17, 15) is 4.79 Å². The molecule has 1 atom stereocenters. The molecule has 2 rings (SSSR count). The molecular weight excluding hydrogens is 286 g/mol. The Morgan fingerprint density at radius 2 is 2.00 bits per heavy atom. The Labute approximate surface area is 129 Å². The van der Waals surface area contributed by atoms with Crippen LogP contribution in [0.1, 0.15) is 35.3 Å². The zero-order valence-electron chi connectivity index (χ0n) is 11.8. The molecule has 1 unspecified atom stereocenters. The summed E-state index contributed by atoms with van der Waals surface area (Å²) in [7, 11) is 0. The van der Waals surface area contributed by atoms with Crippen molar-refractivity contribution in [3.05, 3.63) is 58.7 Å². The largest absolute Gasteiger partial charge is 0.384 e. The van der Waals surface area contributed by atoms with Crippen molar-refractivity contribution in [2.45, 2.75) is 19.3 Å². The summed E-state index contributed by atoms with van der Waals surface area (Å²) in [6, 6.07) is 13.3. The van der Waals surface area contributed by atoms with Gasteiger partial charge in [0.15, 0.2) is 0 Å². The molecule has 1 amide bonds. The highest BCUT2D eigenvalue weighted by atomic mass is 35.5. The lowest BCUT2D eigenvalue weighted by Gasteiger charge is -2.12. The molecule has 0 spiro atoms. The third-order valence-corrected chi connectivity index (χ3v) is 3.62. The number of aromatic nitrogens is 1. The molecule has 1 aromatic heterocycles. The predicted molar refractivity (Wildman–Crippen MR) is 85.5 cm³/mol. The standard InChI is InChI=1S/C16H18ClN3O/c1-11(12-5-3-2-4-6-12)9-10-19-16(21)15-13(17)7-8-14(18)20-15/h2-8,11H,9-10H2,1H3,(H2,18,20)(H,19,21). The molecule has 0 saturated carbocycles. The highest BCUT2D eigenvalue weighted by molar-refractivity contribution is 6.33. The van der Waals surface area contributed by atoms with Crippen LogP contribution in [0.2, 0.25) is 5.02 Å². The summed E-state index contributed by atoms with van der Waals surface area (Å²) in [5, 5.41) is 3.13. The Morgan fingerprint density at radius 1 is 1.29 bits per heavy atom. The summed E-state index contributed by atoms with van der Waals surface area (Å²) in [4.78, 5) is 16.0. The van der Waals surface area contributed by atoms with Crippen LogP contribution in [0.5, 0.6) is 0 Å². The Kier molecular flexibility index (Phi) is 5.17. The lowest BCUT2D eigenvalue weighted by Crippen LogP contribution is -2.26. The Morgan fingerprint density at radius 3 is 2.71 bits per heavy atom. The van der Waals surface area contributed by atoms with Crippen LogP contribution >= 0.6 is 11.6 Å². The number of hydrogen-bond donors (Lipinski definition) is 2. The number of nitrogen functional groups attached to an aromatic ring is 1. The monoisotopic (exact) mass is 303 g/mol. The lowest BCUT2D eigenvalue weighted by atomic mass is 9.98. The SMILES string of the molecule is CC(CCNC(=O)c1nc(N)ccc1Cl)c1ccccc1. The van der Waals surface area contributed by atoms with Crippen LogP contribution < -0.4 is 11.1 Å². The van der Waals surface area contributed by atoms with Gasteiger partial charge in [0.25, 0.3) is 5.91 Å². The van der Waals surface area contributed by atoms with Crippen molar-refractivity contribution in [3.8, 4) is 0 Å². The molecule has 5 heteroatoms. The number of benzene rings is 1. The summed E-state index contributed by atoms with van der Waals surface area (Å²) in [5.41, 5.74) is 7.00. The van der Waals surface area contributed by atoms with Gasteiger partial charge in [-0.15, -0.1) is 0 Å². The third-order valence-electron chi connectivity index (χ3n) is 3.31. The van der Waals surface area contributed by atoms with Gasteiger partial charge in [-0.2, -0.15) is 0 Å². The Bertz CT molecular complexity index is 616. The molecule has 4 nitrogen and oxygen atoms in total. The van der Waals surface area contributed by atoms with E-state index < -0.39 is 0 Å². The number of hydrogen-bond acceptors (Lipinski definition) is 3. The summed E-state index contributed by atoms with van der Waals surface area (Å²) in [6.45, 7) is 2.69. The molecule has 2 aromatic rings. The second-order valence-electron chi connectivity index (χ2n) is 4.92. The number of halogens is 1. The number of anilines is 1. The molecular formula is C16H18ClN3O. The first-order chi connectivity index (χ1) is 10.1. The maximum Gasteiger partial charge on any atom is 0.271 e. The maximum absolute atomic E-state index is 12.0. The highest BCUT2D eigenvalue weighted by Crippen LogP contribution is 2.18. The molecule has 0 aliphatic carbocycles. The highest BCUT2D eigenvalue weighted by Gasteiger charge is 2.13. The number of carbonyl (C=O) groups excluding carboxylic acids is 1. The van der Waals surface area contributed by atoms with E-state index >= 15 is 0 Å². The van der Waals surface area contributed by atoms with E-state index in [0.29, 0.717) is 17.5 Å². The summed E-state index contributed by atoms with van der Waals surface area (Å²) >= 11 is 5.95. The van der Waals surface area contributed by atoms with Crippen LogP contribution in [-0.2, 0) is 0 Å². The molecule has 0 aliphatic rings. The fourth-order valence-corrected chi connectivity index (χ4v) is 2.24. The van der Waals surface area contributed by atoms with Crippen LogP contribution in [0, 0.1) is 0 Å². The zero-order chi connectivity index (χ0) is 15.2. The van der Waals surface area contributed by atoms with E-state index in [1.54, 1.807) is 12.1 Å². The molecule has 3 N–H and O–H groups in total.